The summed E-state index contributed by atoms with van der Waals surface area (Å²) in [5.74, 6) is -0.271. The molecule has 2 unspecified atom stereocenters. The first-order valence-electron chi connectivity index (χ1n) is 5.22. The van der Waals surface area contributed by atoms with E-state index in [4.69, 9.17) is 11.6 Å². The normalized spacial score (nSPS) is 14.3. The van der Waals surface area contributed by atoms with Crippen LogP contribution in [0.3, 0.4) is 0 Å². The Hall–Kier alpha value is -0.690. The summed E-state index contributed by atoms with van der Waals surface area (Å²) in [5, 5.41) is 19.4. The molecule has 0 bridgehead atoms. The van der Waals surface area contributed by atoms with Crippen molar-refractivity contribution in [2.45, 2.75) is 25.6 Å². The first-order valence-corrected chi connectivity index (χ1v) is 6.58. The minimum Gasteiger partial charge on any atom is -0.390 e. The van der Waals surface area contributed by atoms with Gasteiger partial charge in [-0.05, 0) is 12.5 Å². The molecule has 0 amide bonds. The van der Waals surface area contributed by atoms with Gasteiger partial charge in [-0.3, -0.25) is 4.79 Å². The summed E-state index contributed by atoms with van der Waals surface area (Å²) in [6, 6.07) is 1.03. The predicted octanol–water partition coefficient (Wildman–Crippen LogP) is 1.94. The molecule has 1 rings (SSSR count). The van der Waals surface area contributed by atoms with Crippen LogP contribution in [-0.4, -0.2) is 32.2 Å². The number of pyridine rings is 1. The van der Waals surface area contributed by atoms with Crippen molar-refractivity contribution in [2.24, 2.45) is 0 Å². The van der Waals surface area contributed by atoms with E-state index in [1.165, 1.54) is 6.92 Å². The molecule has 2 atom stereocenters. The van der Waals surface area contributed by atoms with Gasteiger partial charge in [0.2, 0.25) is 0 Å². The molecule has 7 heteroatoms. The van der Waals surface area contributed by atoms with E-state index in [0.29, 0.717) is 5.75 Å². The molecular weight excluding hydrogens is 281 g/mol. The summed E-state index contributed by atoms with van der Waals surface area (Å²) in [5.41, 5.74) is 0.0389. The number of hydrogen-bond donors (Lipinski definition) is 2. The highest BCUT2D eigenvalue weighted by Crippen LogP contribution is 2.26. The van der Waals surface area contributed by atoms with E-state index in [-0.39, 0.29) is 22.3 Å². The minimum absolute atomic E-state index is 0.0389. The largest absolute Gasteiger partial charge is 0.390 e. The summed E-state index contributed by atoms with van der Waals surface area (Å²) >= 11 is 6.76. The average molecular weight is 294 g/mol. The highest BCUT2D eigenvalue weighted by molar-refractivity contribution is 8.13. The summed E-state index contributed by atoms with van der Waals surface area (Å²) in [7, 11) is 0. The molecule has 0 aromatic carbocycles. The van der Waals surface area contributed by atoms with Crippen LogP contribution in [0.15, 0.2) is 12.3 Å². The fraction of sp³-hybridized carbons (Fsp3) is 0.455. The van der Waals surface area contributed by atoms with Crippen LogP contribution in [0.1, 0.15) is 25.0 Å². The molecule has 100 valence electrons. The lowest BCUT2D eigenvalue weighted by atomic mass is 10.0. The van der Waals surface area contributed by atoms with Crippen LogP contribution in [0.2, 0.25) is 5.15 Å². The fourth-order valence-electron chi connectivity index (χ4n) is 1.33. The van der Waals surface area contributed by atoms with Crippen LogP contribution in [0.4, 0.5) is 4.39 Å². The molecule has 0 aliphatic heterocycles. The molecule has 0 radical (unpaired) electrons. The van der Waals surface area contributed by atoms with Gasteiger partial charge in [0.1, 0.15) is 17.1 Å². The fourth-order valence-corrected chi connectivity index (χ4v) is 2.20. The molecule has 1 heterocycles. The van der Waals surface area contributed by atoms with Gasteiger partial charge in [0.25, 0.3) is 0 Å². The van der Waals surface area contributed by atoms with E-state index < -0.39 is 18.0 Å². The van der Waals surface area contributed by atoms with Gasteiger partial charge in [-0.15, -0.1) is 0 Å². The minimum atomic E-state index is -1.33. The summed E-state index contributed by atoms with van der Waals surface area (Å²) in [6.07, 6.45) is -1.33. The highest BCUT2D eigenvalue weighted by Gasteiger charge is 2.22. The van der Waals surface area contributed by atoms with E-state index in [0.717, 1.165) is 24.0 Å². The summed E-state index contributed by atoms with van der Waals surface area (Å²) in [6.45, 7) is 1.42. The molecular formula is C11H13ClFNO3S. The first kappa shape index (κ1) is 15.4. The van der Waals surface area contributed by atoms with E-state index in [2.05, 4.69) is 4.98 Å². The summed E-state index contributed by atoms with van der Waals surface area (Å²) < 4.78 is 13.0. The Kier molecular flexibility index (Phi) is 6.01. The molecule has 1 aromatic rings. The molecule has 1 aromatic heterocycles. The number of thioether (sulfide) groups is 1. The Bertz CT molecular complexity index is 433. The molecule has 0 spiro atoms. The number of carbonyl (C=O) groups excluding carboxylic acids is 1. The van der Waals surface area contributed by atoms with E-state index in [1.54, 1.807) is 0 Å². The van der Waals surface area contributed by atoms with Gasteiger partial charge in [0.15, 0.2) is 5.12 Å². The number of halogens is 2. The van der Waals surface area contributed by atoms with Crippen molar-refractivity contribution in [3.63, 3.8) is 0 Å². The molecule has 0 fully saturated rings. The van der Waals surface area contributed by atoms with Gasteiger partial charge in [-0.2, -0.15) is 0 Å². The molecule has 2 N–H and O–H groups in total. The van der Waals surface area contributed by atoms with Crippen LogP contribution < -0.4 is 0 Å². The van der Waals surface area contributed by atoms with Crippen molar-refractivity contribution in [2.75, 3.05) is 5.75 Å². The monoisotopic (exact) mass is 293 g/mol. The van der Waals surface area contributed by atoms with Crippen LogP contribution in [0, 0.1) is 5.82 Å². The van der Waals surface area contributed by atoms with Gasteiger partial charge in [0, 0.05) is 18.2 Å². The quantitative estimate of drug-likeness (QED) is 0.812. The maximum Gasteiger partial charge on any atom is 0.185 e. The van der Waals surface area contributed by atoms with Crippen molar-refractivity contribution in [1.29, 1.82) is 0 Å². The third-order valence-corrected chi connectivity index (χ3v) is 3.40. The van der Waals surface area contributed by atoms with E-state index in [1.807, 2.05) is 0 Å². The van der Waals surface area contributed by atoms with Crippen molar-refractivity contribution < 1.29 is 19.4 Å². The van der Waals surface area contributed by atoms with E-state index >= 15 is 0 Å². The molecule has 0 aliphatic carbocycles. The topological polar surface area (TPSA) is 70.4 Å². The third kappa shape index (κ3) is 4.53. The Morgan fingerprint density at radius 2 is 2.28 bits per heavy atom. The second-order valence-corrected chi connectivity index (χ2v) is 5.30. The van der Waals surface area contributed by atoms with Crippen LogP contribution >= 0.6 is 23.4 Å². The molecule has 0 aliphatic rings. The molecule has 0 saturated heterocycles. The number of rotatable bonds is 5. The average Bonchev–Trinajstić information content (AvgIpc) is 2.30. The van der Waals surface area contributed by atoms with E-state index in [9.17, 15) is 19.4 Å². The van der Waals surface area contributed by atoms with Crippen molar-refractivity contribution in [3.05, 3.63) is 28.8 Å². The zero-order valence-electron chi connectivity index (χ0n) is 9.64. The highest BCUT2D eigenvalue weighted by atomic mass is 35.5. The number of aromatic nitrogens is 1. The van der Waals surface area contributed by atoms with Gasteiger partial charge in [-0.1, -0.05) is 23.4 Å². The van der Waals surface area contributed by atoms with Crippen molar-refractivity contribution >= 4 is 28.5 Å². The smallest absolute Gasteiger partial charge is 0.185 e. The number of aliphatic hydroxyl groups excluding tert-OH is 2. The number of hydrogen-bond acceptors (Lipinski definition) is 5. The zero-order chi connectivity index (χ0) is 13.7. The van der Waals surface area contributed by atoms with Gasteiger partial charge >= 0.3 is 0 Å². The SMILES string of the molecule is CC(=O)SCCC(O)C(O)c1cc(F)cnc1Cl. The van der Waals surface area contributed by atoms with Crippen molar-refractivity contribution in [1.82, 2.24) is 4.98 Å². The second kappa shape index (κ2) is 7.04. The zero-order valence-corrected chi connectivity index (χ0v) is 11.2. The molecule has 0 saturated carbocycles. The van der Waals surface area contributed by atoms with Crippen LogP contribution in [0.5, 0.6) is 0 Å². The lowest BCUT2D eigenvalue weighted by Crippen LogP contribution is -2.20. The number of aliphatic hydroxyl groups is 2. The van der Waals surface area contributed by atoms with Crippen LogP contribution in [-0.2, 0) is 4.79 Å². The number of nitrogens with zero attached hydrogens (tertiary/aromatic N) is 1. The lowest BCUT2D eigenvalue weighted by molar-refractivity contribution is -0.109. The Morgan fingerprint density at radius 1 is 1.61 bits per heavy atom. The molecule has 18 heavy (non-hydrogen) atoms. The maximum atomic E-state index is 13.0. The first-order chi connectivity index (χ1) is 8.41. The predicted molar refractivity (Wildman–Crippen MR) is 67.9 cm³/mol. The Morgan fingerprint density at radius 3 is 2.89 bits per heavy atom. The Balaban J connectivity index is 2.64. The molecule has 4 nitrogen and oxygen atoms in total. The third-order valence-electron chi connectivity index (χ3n) is 2.23. The Labute approximate surface area is 113 Å². The van der Waals surface area contributed by atoms with Gasteiger partial charge < -0.3 is 10.2 Å². The number of carbonyl (C=O) groups is 1. The summed E-state index contributed by atoms with van der Waals surface area (Å²) in [4.78, 5) is 14.3. The van der Waals surface area contributed by atoms with Crippen LogP contribution in [0.25, 0.3) is 0 Å². The standard InChI is InChI=1S/C11H13ClFNO3S/c1-6(15)18-3-2-9(16)10(17)8-4-7(13)5-14-11(8)12/h4-5,9-10,16-17H,2-3H2,1H3. The maximum absolute atomic E-state index is 13.0. The van der Waals surface area contributed by atoms with Gasteiger partial charge in [0.05, 0.1) is 12.3 Å². The van der Waals surface area contributed by atoms with Crippen molar-refractivity contribution in [3.8, 4) is 0 Å². The second-order valence-electron chi connectivity index (χ2n) is 3.67. The lowest BCUT2D eigenvalue weighted by Gasteiger charge is -2.18. The van der Waals surface area contributed by atoms with Gasteiger partial charge in [-0.25, -0.2) is 9.37 Å².